The number of anilines is 1. The van der Waals surface area contributed by atoms with E-state index < -0.39 is 0 Å². The van der Waals surface area contributed by atoms with Gasteiger partial charge in [-0.15, -0.1) is 0 Å². The lowest BCUT2D eigenvalue weighted by atomic mass is 9.69. The van der Waals surface area contributed by atoms with Gasteiger partial charge in [-0.3, -0.25) is 0 Å². The Kier molecular flexibility index (Phi) is 11.3. The lowest BCUT2D eigenvalue weighted by molar-refractivity contribution is 0.358. The average molecular weight is 561 g/mol. The molecule has 0 fully saturated rings. The van der Waals surface area contributed by atoms with Gasteiger partial charge in [-0.1, -0.05) is 70.0 Å². The Morgan fingerprint density at radius 2 is 1.70 bits per heavy atom. The number of fused-ring (bicyclic) bond motifs is 1. The maximum atomic E-state index is 5.73. The van der Waals surface area contributed by atoms with E-state index >= 15 is 0 Å². The monoisotopic (exact) mass is 560 g/mol. The summed E-state index contributed by atoms with van der Waals surface area (Å²) in [5.41, 5.74) is 8.42. The molecule has 0 saturated carbocycles. The predicted octanol–water partition coefficient (Wildman–Crippen LogP) is 8.29. The van der Waals surface area contributed by atoms with E-state index in [1.54, 1.807) is 7.11 Å². The molecule has 1 aliphatic rings. The van der Waals surface area contributed by atoms with Crippen LogP contribution in [0.4, 0.5) is 5.69 Å². The molecule has 0 aromatic heterocycles. The third-order valence-corrected chi connectivity index (χ3v) is 9.00. The highest BCUT2D eigenvalue weighted by atomic mass is 31.0. The quantitative estimate of drug-likeness (QED) is 0.159. The van der Waals surface area contributed by atoms with Gasteiger partial charge in [-0.25, -0.2) is 0 Å². The highest BCUT2D eigenvalue weighted by molar-refractivity contribution is 7.10. The standard InChI is InChI=1S/C35H49N2O2P/c1-6-9-25(4)33-21-29(20-28-14-15-31(39-40)22-34(28)33)32-17-16-30(38-5)23-35(32)37(8-3)24-27-12-10-26(11-13-27)18-19-36-7-2/h10-17,22-23,25,29,33,36H,6-9,18-21,24,40H2,1-5H3/t25?,29-,33?/m0/s1. The number of nitrogens with one attached hydrogen (secondary N) is 1. The second-order valence-electron chi connectivity index (χ2n) is 11.3. The number of hydrogen-bond donors (Lipinski definition) is 1. The summed E-state index contributed by atoms with van der Waals surface area (Å²) in [5.74, 6) is 3.47. The van der Waals surface area contributed by atoms with Crippen LogP contribution in [0.15, 0.2) is 60.7 Å². The zero-order valence-electron chi connectivity index (χ0n) is 25.2. The summed E-state index contributed by atoms with van der Waals surface area (Å²) in [4.78, 5) is 2.52. The van der Waals surface area contributed by atoms with Gasteiger partial charge in [-0.05, 0) is 103 Å². The molecule has 4 rings (SSSR count). The minimum atomic E-state index is 0.461. The van der Waals surface area contributed by atoms with Crippen LogP contribution in [0.2, 0.25) is 0 Å². The maximum Gasteiger partial charge on any atom is 0.122 e. The van der Waals surface area contributed by atoms with Crippen molar-refractivity contribution in [2.75, 3.05) is 31.6 Å². The highest BCUT2D eigenvalue weighted by Gasteiger charge is 2.33. The molecule has 40 heavy (non-hydrogen) atoms. The fourth-order valence-corrected chi connectivity index (χ4v) is 6.62. The van der Waals surface area contributed by atoms with Crippen LogP contribution in [-0.2, 0) is 19.4 Å². The molecule has 4 atom stereocenters. The lowest BCUT2D eigenvalue weighted by Gasteiger charge is -2.37. The number of likely N-dealkylation sites (N-methyl/N-ethyl adjacent to an activating group) is 1. The Hall–Kier alpha value is -2.55. The van der Waals surface area contributed by atoms with E-state index in [0.29, 0.717) is 17.8 Å². The number of rotatable bonds is 14. The fourth-order valence-electron chi connectivity index (χ4n) is 6.47. The molecule has 0 aliphatic heterocycles. The van der Waals surface area contributed by atoms with Crippen LogP contribution in [0.5, 0.6) is 11.5 Å². The Labute approximate surface area is 245 Å². The third kappa shape index (κ3) is 7.39. The van der Waals surface area contributed by atoms with Gasteiger partial charge in [0.25, 0.3) is 0 Å². The molecule has 1 aliphatic carbocycles. The zero-order valence-corrected chi connectivity index (χ0v) is 26.4. The molecule has 1 N–H and O–H groups in total. The molecule has 5 heteroatoms. The van der Waals surface area contributed by atoms with Gasteiger partial charge in [0.05, 0.1) is 16.6 Å². The van der Waals surface area contributed by atoms with Crippen LogP contribution in [0, 0.1) is 5.92 Å². The largest absolute Gasteiger partial charge is 0.497 e. The first-order valence-corrected chi connectivity index (χ1v) is 15.7. The van der Waals surface area contributed by atoms with Crippen molar-refractivity contribution < 1.29 is 9.26 Å². The van der Waals surface area contributed by atoms with E-state index in [1.165, 1.54) is 46.3 Å². The summed E-state index contributed by atoms with van der Waals surface area (Å²) < 4.78 is 11.3. The molecular weight excluding hydrogens is 511 g/mol. The second-order valence-corrected chi connectivity index (χ2v) is 11.6. The molecule has 3 unspecified atom stereocenters. The number of hydrogen-bond acceptors (Lipinski definition) is 4. The van der Waals surface area contributed by atoms with E-state index in [4.69, 9.17) is 9.26 Å². The van der Waals surface area contributed by atoms with Crippen LogP contribution in [0.1, 0.15) is 86.6 Å². The Balaban J connectivity index is 1.64. The van der Waals surface area contributed by atoms with Gasteiger partial charge in [0.2, 0.25) is 0 Å². The van der Waals surface area contributed by atoms with E-state index in [9.17, 15) is 0 Å². The van der Waals surface area contributed by atoms with Crippen molar-refractivity contribution in [1.82, 2.24) is 5.32 Å². The molecule has 4 nitrogen and oxygen atoms in total. The van der Waals surface area contributed by atoms with Crippen molar-refractivity contribution in [1.29, 1.82) is 0 Å². The normalized spacial score (nSPS) is 17.2. The third-order valence-electron chi connectivity index (χ3n) is 8.73. The zero-order chi connectivity index (χ0) is 28.5. The second kappa shape index (κ2) is 14.9. The lowest BCUT2D eigenvalue weighted by Crippen LogP contribution is -2.27. The smallest absolute Gasteiger partial charge is 0.122 e. The van der Waals surface area contributed by atoms with Gasteiger partial charge < -0.3 is 19.5 Å². The molecule has 0 radical (unpaired) electrons. The molecule has 0 heterocycles. The first-order valence-electron chi connectivity index (χ1n) is 15.2. The highest BCUT2D eigenvalue weighted by Crippen LogP contribution is 2.48. The van der Waals surface area contributed by atoms with Crippen LogP contribution >= 0.6 is 9.47 Å². The topological polar surface area (TPSA) is 33.7 Å². The van der Waals surface area contributed by atoms with Gasteiger partial charge in [0.1, 0.15) is 11.5 Å². The molecule has 0 bridgehead atoms. The van der Waals surface area contributed by atoms with Crippen LogP contribution in [0.25, 0.3) is 0 Å². The van der Waals surface area contributed by atoms with Crippen molar-refractivity contribution in [2.24, 2.45) is 5.92 Å². The number of ether oxygens (including phenoxy) is 1. The SMILES string of the molecule is CCCC(C)C1C[C@@H](c2ccc(OC)cc2N(CC)Cc2ccc(CCNCC)cc2)Cc2ccc(OP)cc21. The molecule has 0 spiro atoms. The van der Waals surface area contributed by atoms with E-state index in [-0.39, 0.29) is 0 Å². The van der Waals surface area contributed by atoms with Crippen molar-refractivity contribution in [3.8, 4) is 11.5 Å². The van der Waals surface area contributed by atoms with Crippen LogP contribution < -0.4 is 19.5 Å². The van der Waals surface area contributed by atoms with E-state index in [1.807, 2.05) is 0 Å². The maximum absolute atomic E-state index is 5.73. The Morgan fingerprint density at radius 3 is 2.38 bits per heavy atom. The van der Waals surface area contributed by atoms with Crippen molar-refractivity contribution in [2.45, 2.75) is 78.2 Å². The molecule has 0 amide bonds. The first-order chi connectivity index (χ1) is 19.5. The molecular formula is C35H49N2O2P. The fraction of sp³-hybridized carbons (Fsp3) is 0.486. The minimum absolute atomic E-state index is 0.461. The van der Waals surface area contributed by atoms with Gasteiger partial charge in [0.15, 0.2) is 0 Å². The van der Waals surface area contributed by atoms with Crippen molar-refractivity contribution in [3.05, 3.63) is 88.5 Å². The summed E-state index contributed by atoms with van der Waals surface area (Å²) in [6, 6.07) is 22.6. The molecule has 216 valence electrons. The van der Waals surface area contributed by atoms with Crippen LogP contribution in [-0.4, -0.2) is 26.7 Å². The summed E-state index contributed by atoms with van der Waals surface area (Å²) in [6.07, 6.45) is 5.73. The molecule has 3 aromatic carbocycles. The summed E-state index contributed by atoms with van der Waals surface area (Å²) in [5, 5.41) is 3.42. The Bertz CT molecular complexity index is 1210. The van der Waals surface area contributed by atoms with Crippen molar-refractivity contribution >= 4 is 15.2 Å². The van der Waals surface area contributed by atoms with E-state index in [2.05, 4.69) is 108 Å². The van der Waals surface area contributed by atoms with E-state index in [0.717, 1.165) is 56.9 Å². The number of nitrogens with zero attached hydrogens (tertiary/aromatic N) is 1. The summed E-state index contributed by atoms with van der Waals surface area (Å²) >= 11 is 0. The average Bonchev–Trinajstić information content (AvgIpc) is 2.99. The van der Waals surface area contributed by atoms with Gasteiger partial charge in [-0.2, -0.15) is 0 Å². The Morgan fingerprint density at radius 1 is 0.950 bits per heavy atom. The predicted molar refractivity (Wildman–Crippen MR) is 173 cm³/mol. The number of methoxy groups -OCH3 is 1. The first kappa shape index (κ1) is 30.4. The minimum Gasteiger partial charge on any atom is -0.497 e. The van der Waals surface area contributed by atoms with Gasteiger partial charge in [0, 0.05) is 24.8 Å². The molecule has 3 aromatic rings. The summed E-state index contributed by atoms with van der Waals surface area (Å²) in [7, 11) is 4.18. The number of benzene rings is 3. The van der Waals surface area contributed by atoms with Crippen molar-refractivity contribution in [3.63, 3.8) is 0 Å². The van der Waals surface area contributed by atoms with Crippen LogP contribution in [0.3, 0.4) is 0 Å². The summed E-state index contributed by atoms with van der Waals surface area (Å²) in [6.45, 7) is 13.0. The molecule has 0 saturated heterocycles. The van der Waals surface area contributed by atoms with Gasteiger partial charge >= 0.3 is 0 Å².